The second-order valence-electron chi connectivity index (χ2n) is 8.83. The first-order chi connectivity index (χ1) is 16.9. The number of hydrogen-bond donors (Lipinski definition) is 2. The fourth-order valence-electron chi connectivity index (χ4n) is 3.92. The number of allylic oxidation sites excluding steroid dienone is 2. The fraction of sp³-hybridized carbons (Fsp3) is 0.583. The van der Waals surface area contributed by atoms with Crippen LogP contribution in [0.5, 0.6) is 0 Å². The van der Waals surface area contributed by atoms with Crippen LogP contribution in [0.4, 0.5) is 4.39 Å². The van der Waals surface area contributed by atoms with Crippen LogP contribution in [0.1, 0.15) is 41.9 Å². The Morgan fingerprint density at radius 1 is 1.31 bits per heavy atom. The van der Waals surface area contributed by atoms with Gasteiger partial charge in [0.15, 0.2) is 5.01 Å². The van der Waals surface area contributed by atoms with E-state index in [0.717, 1.165) is 37.1 Å². The fourth-order valence-corrected chi connectivity index (χ4v) is 4.71. The van der Waals surface area contributed by atoms with E-state index in [1.165, 1.54) is 36.2 Å². The maximum Gasteiger partial charge on any atom is 0.280 e. The van der Waals surface area contributed by atoms with E-state index in [1.54, 1.807) is 19.4 Å². The zero-order valence-electron chi connectivity index (χ0n) is 20.5. The highest BCUT2D eigenvalue weighted by molar-refractivity contribution is 7.19. The number of methoxy groups -OCH3 is 1. The molecule has 0 radical (unpaired) electrons. The Kier molecular flexibility index (Phi) is 10.7. The van der Waals surface area contributed by atoms with E-state index in [-0.39, 0.29) is 36.1 Å². The summed E-state index contributed by atoms with van der Waals surface area (Å²) in [6.45, 7) is 1.60. The van der Waals surface area contributed by atoms with Gasteiger partial charge in [-0.2, -0.15) is 0 Å². The lowest BCUT2D eigenvalue weighted by Gasteiger charge is -2.34. The number of thiazole rings is 1. The van der Waals surface area contributed by atoms with Crippen LogP contribution in [0.25, 0.3) is 10.3 Å². The number of nitrogens with two attached hydrogens (primary N) is 1. The molecular weight excluding hydrogens is 471 g/mol. The SMILES string of the molecule is CN(C)CCCNC(=O)c1nc2cncnc2s1.CO[C@H]1CCCCC1OC1C=C(F)C=CC1N. The monoisotopic (exact) mass is 506 g/mol. The van der Waals surface area contributed by atoms with E-state index in [2.05, 4.69) is 25.2 Å². The van der Waals surface area contributed by atoms with E-state index >= 15 is 0 Å². The normalized spacial score (nSPS) is 24.1. The number of aromatic nitrogens is 3. The minimum Gasteiger partial charge on any atom is -0.379 e. The van der Waals surface area contributed by atoms with Crippen molar-refractivity contribution in [3.05, 3.63) is 41.6 Å². The minimum atomic E-state index is -0.374. The lowest BCUT2D eigenvalue weighted by atomic mass is 9.94. The number of amides is 1. The van der Waals surface area contributed by atoms with Crippen LogP contribution in [0, 0.1) is 0 Å². The van der Waals surface area contributed by atoms with Gasteiger partial charge in [-0.05, 0) is 52.1 Å². The summed E-state index contributed by atoms with van der Waals surface area (Å²) in [5, 5.41) is 3.29. The number of nitrogens with one attached hydrogen (secondary N) is 1. The van der Waals surface area contributed by atoms with Crippen molar-refractivity contribution in [2.75, 3.05) is 34.3 Å². The number of carbonyl (C=O) groups excluding carboxylic acids is 1. The van der Waals surface area contributed by atoms with Gasteiger partial charge in [-0.25, -0.2) is 19.3 Å². The summed E-state index contributed by atoms with van der Waals surface area (Å²) in [5.74, 6) is -0.418. The zero-order chi connectivity index (χ0) is 25.2. The van der Waals surface area contributed by atoms with Crippen molar-refractivity contribution in [2.24, 2.45) is 5.73 Å². The van der Waals surface area contributed by atoms with Crippen molar-refractivity contribution in [2.45, 2.75) is 56.5 Å². The number of ether oxygens (including phenoxy) is 2. The summed E-state index contributed by atoms with van der Waals surface area (Å²) < 4.78 is 24.5. The summed E-state index contributed by atoms with van der Waals surface area (Å²) in [7, 11) is 5.71. The molecule has 1 fully saturated rings. The first kappa shape index (κ1) is 27.3. The molecule has 4 atom stereocenters. The Hall–Kier alpha value is -2.31. The van der Waals surface area contributed by atoms with Crippen LogP contribution in [0.15, 0.2) is 36.6 Å². The summed E-state index contributed by atoms with van der Waals surface area (Å²) in [6.07, 6.45) is 12.5. The van der Waals surface area contributed by atoms with Crippen LogP contribution < -0.4 is 11.1 Å². The van der Waals surface area contributed by atoms with Crippen molar-refractivity contribution < 1.29 is 18.7 Å². The summed E-state index contributed by atoms with van der Waals surface area (Å²) in [4.78, 5) is 26.8. The Morgan fingerprint density at radius 2 is 2.09 bits per heavy atom. The van der Waals surface area contributed by atoms with Gasteiger partial charge in [-0.15, -0.1) is 0 Å². The molecule has 0 bridgehead atoms. The highest BCUT2D eigenvalue weighted by atomic mass is 32.1. The van der Waals surface area contributed by atoms with Gasteiger partial charge in [0.2, 0.25) is 0 Å². The first-order valence-electron chi connectivity index (χ1n) is 11.9. The molecule has 3 unspecified atom stereocenters. The second-order valence-corrected chi connectivity index (χ2v) is 9.81. The van der Waals surface area contributed by atoms with Gasteiger partial charge in [0, 0.05) is 13.7 Å². The second kappa shape index (κ2) is 13.7. The predicted molar refractivity (Wildman–Crippen MR) is 135 cm³/mol. The van der Waals surface area contributed by atoms with Crippen LogP contribution in [0.3, 0.4) is 0 Å². The average molecular weight is 507 g/mol. The molecule has 192 valence electrons. The summed E-state index contributed by atoms with van der Waals surface area (Å²) in [5.41, 5.74) is 6.55. The third kappa shape index (κ3) is 8.39. The zero-order valence-corrected chi connectivity index (χ0v) is 21.3. The Bertz CT molecular complexity index is 981. The molecule has 0 spiro atoms. The largest absolute Gasteiger partial charge is 0.379 e. The molecule has 35 heavy (non-hydrogen) atoms. The maximum absolute atomic E-state index is 13.1. The molecular formula is C24H35FN6O3S. The molecule has 2 aliphatic rings. The molecule has 2 aromatic rings. The van der Waals surface area contributed by atoms with Crippen molar-refractivity contribution in [1.29, 1.82) is 0 Å². The van der Waals surface area contributed by atoms with Crippen molar-refractivity contribution in [3.8, 4) is 0 Å². The quantitative estimate of drug-likeness (QED) is 0.525. The molecule has 11 heteroatoms. The smallest absolute Gasteiger partial charge is 0.280 e. The van der Waals surface area contributed by atoms with Gasteiger partial charge in [-0.3, -0.25) is 4.79 Å². The lowest BCUT2D eigenvalue weighted by Crippen LogP contribution is -2.43. The van der Waals surface area contributed by atoms with Crippen LogP contribution in [-0.2, 0) is 9.47 Å². The Morgan fingerprint density at radius 3 is 2.80 bits per heavy atom. The molecule has 1 amide bonds. The molecule has 4 rings (SSSR count). The number of nitrogens with zero attached hydrogens (tertiary/aromatic N) is 4. The molecule has 3 N–H and O–H groups in total. The van der Waals surface area contributed by atoms with Gasteiger partial charge in [0.25, 0.3) is 5.91 Å². The number of hydrogen-bond acceptors (Lipinski definition) is 9. The van der Waals surface area contributed by atoms with Gasteiger partial charge in [-0.1, -0.05) is 30.3 Å². The number of fused-ring (bicyclic) bond motifs is 1. The topological polar surface area (TPSA) is 115 Å². The van der Waals surface area contributed by atoms with E-state index in [4.69, 9.17) is 15.2 Å². The molecule has 0 aromatic carbocycles. The standard InChI is InChI=1S/C13H20FNO2.C11H15N5OS/c1-16-11-4-2-3-5-12(11)17-13-8-9(14)6-7-10(13)15;1-16(2)5-3-4-13-9(17)11-15-8-6-12-7-14-10(8)18-11/h6-8,10-13H,2-5,15H2,1H3;6-7H,3-5H2,1-2H3,(H,13,17)/t10?,11-,12?,13?;/m0./s1. The van der Waals surface area contributed by atoms with E-state index in [1.807, 2.05) is 14.1 Å². The molecule has 0 aliphatic heterocycles. The highest BCUT2D eigenvalue weighted by Crippen LogP contribution is 2.26. The molecule has 9 nitrogen and oxygen atoms in total. The van der Waals surface area contributed by atoms with Gasteiger partial charge < -0.3 is 25.4 Å². The van der Waals surface area contributed by atoms with Crippen LogP contribution >= 0.6 is 11.3 Å². The third-order valence-electron chi connectivity index (χ3n) is 5.79. The highest BCUT2D eigenvalue weighted by Gasteiger charge is 2.30. The van der Waals surface area contributed by atoms with E-state index in [0.29, 0.717) is 17.1 Å². The first-order valence-corrected chi connectivity index (χ1v) is 12.7. The number of carbonyl (C=O) groups is 1. The minimum absolute atomic E-state index is 0.0281. The molecule has 2 heterocycles. The number of rotatable bonds is 8. The van der Waals surface area contributed by atoms with Gasteiger partial charge in [0.1, 0.15) is 22.5 Å². The van der Waals surface area contributed by atoms with Gasteiger partial charge in [0.05, 0.1) is 30.6 Å². The molecule has 2 aromatic heterocycles. The van der Waals surface area contributed by atoms with Crippen LogP contribution in [-0.4, -0.2) is 84.4 Å². The Labute approximate surface area is 209 Å². The molecule has 2 aliphatic carbocycles. The summed E-state index contributed by atoms with van der Waals surface area (Å²) >= 11 is 1.29. The van der Waals surface area contributed by atoms with Crippen LogP contribution in [0.2, 0.25) is 0 Å². The van der Waals surface area contributed by atoms with Crippen molar-refractivity contribution in [1.82, 2.24) is 25.2 Å². The van der Waals surface area contributed by atoms with E-state index in [9.17, 15) is 9.18 Å². The average Bonchev–Trinajstić information content (AvgIpc) is 3.29. The summed E-state index contributed by atoms with van der Waals surface area (Å²) in [6, 6.07) is -0.270. The maximum atomic E-state index is 13.1. The lowest BCUT2D eigenvalue weighted by molar-refractivity contribution is -0.0974. The predicted octanol–water partition coefficient (Wildman–Crippen LogP) is 2.85. The molecule has 1 saturated carbocycles. The Balaban J connectivity index is 0.000000196. The van der Waals surface area contributed by atoms with Crippen molar-refractivity contribution in [3.63, 3.8) is 0 Å². The van der Waals surface area contributed by atoms with Gasteiger partial charge >= 0.3 is 0 Å². The van der Waals surface area contributed by atoms with Crippen molar-refractivity contribution >= 4 is 27.6 Å². The third-order valence-corrected chi connectivity index (χ3v) is 6.77. The van der Waals surface area contributed by atoms with E-state index < -0.39 is 0 Å². The molecule has 0 saturated heterocycles. The number of halogens is 1.